The van der Waals surface area contributed by atoms with E-state index in [4.69, 9.17) is 4.74 Å². The highest BCUT2D eigenvalue weighted by atomic mass is 16.5. The Hall–Kier alpha value is -1.87. The maximum Gasteiger partial charge on any atom is 0.173 e. The molecular weight excluding hydrogens is 288 g/mol. The van der Waals surface area contributed by atoms with Gasteiger partial charge in [-0.3, -0.25) is 4.79 Å². The van der Waals surface area contributed by atoms with E-state index >= 15 is 0 Å². The molecule has 1 N–H and O–H groups in total. The third-order valence-corrected chi connectivity index (χ3v) is 5.74. The first-order chi connectivity index (χ1) is 10.9. The minimum atomic E-state index is -0.511. The van der Waals surface area contributed by atoms with Crippen molar-refractivity contribution in [2.45, 2.75) is 45.8 Å². The van der Waals surface area contributed by atoms with Gasteiger partial charge < -0.3 is 9.84 Å². The van der Waals surface area contributed by atoms with E-state index in [1.807, 2.05) is 39.8 Å². The third kappa shape index (κ3) is 1.71. The van der Waals surface area contributed by atoms with Crippen LogP contribution in [0, 0.1) is 32.6 Å². The van der Waals surface area contributed by atoms with E-state index in [9.17, 15) is 9.90 Å². The predicted molar refractivity (Wildman–Crippen MR) is 89.2 cm³/mol. The number of ether oxygens (including phenoxy) is 1. The highest BCUT2D eigenvalue weighted by molar-refractivity contribution is 6.26. The van der Waals surface area contributed by atoms with Crippen LogP contribution in [-0.2, 0) is 9.53 Å². The number of carbonyl (C=O) groups is 1. The molecule has 3 nitrogen and oxygen atoms in total. The fraction of sp³-hybridized carbons (Fsp3) is 0.450. The fourth-order valence-electron chi connectivity index (χ4n) is 4.85. The van der Waals surface area contributed by atoms with Crippen LogP contribution in [0.3, 0.4) is 0 Å². The summed E-state index contributed by atoms with van der Waals surface area (Å²) in [5.41, 5.74) is 4.17. The summed E-state index contributed by atoms with van der Waals surface area (Å²) in [5, 5.41) is 11.0. The van der Waals surface area contributed by atoms with Crippen molar-refractivity contribution >= 4 is 11.4 Å². The molecule has 0 saturated carbocycles. The summed E-state index contributed by atoms with van der Waals surface area (Å²) in [5.74, 6) is -0.240. The summed E-state index contributed by atoms with van der Waals surface area (Å²) in [6, 6.07) is 4.14. The van der Waals surface area contributed by atoms with Gasteiger partial charge in [-0.25, -0.2) is 0 Å². The van der Waals surface area contributed by atoms with Crippen molar-refractivity contribution in [2.24, 2.45) is 11.8 Å². The van der Waals surface area contributed by atoms with Crippen LogP contribution in [0.25, 0.3) is 5.57 Å². The third-order valence-electron chi connectivity index (χ3n) is 5.74. The number of Topliss-reactive ketones (excluding diaryl/α,β-unsaturated/α-hetero) is 1. The van der Waals surface area contributed by atoms with Gasteiger partial charge in [0.1, 0.15) is 5.76 Å². The van der Waals surface area contributed by atoms with Gasteiger partial charge in [-0.1, -0.05) is 36.8 Å². The molecule has 0 spiro atoms. The largest absolute Gasteiger partial charge is 0.511 e. The number of hydrogen-bond acceptors (Lipinski definition) is 3. The van der Waals surface area contributed by atoms with Crippen LogP contribution in [-0.4, -0.2) is 22.6 Å². The second-order valence-electron chi connectivity index (χ2n) is 7.15. The average molecular weight is 310 g/mol. The van der Waals surface area contributed by atoms with E-state index in [1.165, 1.54) is 5.56 Å². The zero-order valence-corrected chi connectivity index (χ0v) is 14.0. The van der Waals surface area contributed by atoms with E-state index < -0.39 is 5.60 Å². The highest BCUT2D eigenvalue weighted by Crippen LogP contribution is 2.57. The van der Waals surface area contributed by atoms with Crippen molar-refractivity contribution in [1.82, 2.24) is 0 Å². The molecule has 23 heavy (non-hydrogen) atoms. The average Bonchev–Trinajstić information content (AvgIpc) is 3.12. The summed E-state index contributed by atoms with van der Waals surface area (Å²) in [4.78, 5) is 13.1. The van der Waals surface area contributed by atoms with Crippen molar-refractivity contribution in [3.8, 4) is 0 Å². The van der Waals surface area contributed by atoms with Crippen LogP contribution >= 0.6 is 0 Å². The molecule has 1 aromatic rings. The van der Waals surface area contributed by atoms with Gasteiger partial charge in [-0.15, -0.1) is 0 Å². The molecule has 0 amide bonds. The lowest BCUT2D eigenvalue weighted by atomic mass is 9.75. The number of allylic oxidation sites excluding steroid dienone is 1. The number of fused-ring (bicyclic) bond motifs is 5. The summed E-state index contributed by atoms with van der Waals surface area (Å²) in [7, 11) is 0. The number of ketones is 1. The van der Waals surface area contributed by atoms with Gasteiger partial charge in [0, 0.05) is 0 Å². The Bertz CT molecular complexity index is 763. The van der Waals surface area contributed by atoms with Crippen LogP contribution < -0.4 is 0 Å². The van der Waals surface area contributed by atoms with Crippen molar-refractivity contribution in [3.63, 3.8) is 0 Å². The highest BCUT2D eigenvalue weighted by Gasteiger charge is 2.63. The number of aryl methyl sites for hydroxylation is 3. The summed E-state index contributed by atoms with van der Waals surface area (Å²) < 4.78 is 6.05. The molecule has 3 aliphatic rings. The maximum absolute atomic E-state index is 13.1. The summed E-state index contributed by atoms with van der Waals surface area (Å²) in [6.07, 6.45) is 4.60. The molecule has 0 radical (unpaired) electrons. The number of aliphatic hydroxyl groups excluding tert-OH is 1. The van der Waals surface area contributed by atoms with E-state index in [-0.39, 0.29) is 29.5 Å². The Labute approximate surface area is 136 Å². The molecule has 2 bridgehead atoms. The van der Waals surface area contributed by atoms with Crippen LogP contribution in [0.4, 0.5) is 0 Å². The molecule has 1 saturated heterocycles. The molecule has 4 atom stereocenters. The van der Waals surface area contributed by atoms with Crippen LogP contribution in [0.5, 0.6) is 0 Å². The molecule has 1 aliphatic carbocycles. The van der Waals surface area contributed by atoms with E-state index in [2.05, 4.69) is 12.1 Å². The molecule has 1 aromatic carbocycles. The molecule has 3 heteroatoms. The second kappa shape index (κ2) is 4.57. The Kier molecular flexibility index (Phi) is 2.92. The van der Waals surface area contributed by atoms with Gasteiger partial charge >= 0.3 is 0 Å². The fourth-order valence-corrected chi connectivity index (χ4v) is 4.85. The van der Waals surface area contributed by atoms with Gasteiger partial charge in [0.15, 0.2) is 5.78 Å². The smallest absolute Gasteiger partial charge is 0.173 e. The Morgan fingerprint density at radius 1 is 1.22 bits per heavy atom. The number of rotatable bonds is 2. The molecule has 2 aliphatic heterocycles. The van der Waals surface area contributed by atoms with Crippen LogP contribution in [0.15, 0.2) is 30.0 Å². The van der Waals surface area contributed by atoms with Gasteiger partial charge in [0.25, 0.3) is 0 Å². The monoisotopic (exact) mass is 310 g/mol. The molecule has 1 fully saturated rings. The van der Waals surface area contributed by atoms with Crippen LogP contribution in [0.2, 0.25) is 0 Å². The Balaban J connectivity index is 1.91. The molecular formula is C20H22O3. The first kappa shape index (κ1) is 14.7. The van der Waals surface area contributed by atoms with E-state index in [0.717, 1.165) is 23.1 Å². The summed E-state index contributed by atoms with van der Waals surface area (Å²) >= 11 is 0. The molecule has 120 valence electrons. The van der Waals surface area contributed by atoms with Crippen molar-refractivity contribution in [1.29, 1.82) is 0 Å². The standard InChI is InChI=1S/C20H22O3/c1-5-20-7-6-13(23-20)15-17(20)19(22)16(18(15)21)14-11(3)8-10(2)9-12(14)4/h6-9,13,15,17,22H,5H2,1-4H3/t13-,15-,17+,20+/m0/s1. The zero-order chi connectivity index (χ0) is 16.5. The van der Waals surface area contributed by atoms with Gasteiger partial charge in [0.05, 0.1) is 29.1 Å². The quantitative estimate of drug-likeness (QED) is 0.845. The molecule has 0 unspecified atom stereocenters. The molecule has 0 aromatic heterocycles. The predicted octanol–water partition coefficient (Wildman–Crippen LogP) is 3.81. The SMILES string of the molecule is CC[C@]12C=C[C@H](O1)[C@@H]1C(=O)C(c3c(C)cc(C)cc3C)=C(O)[C@@H]12. The van der Waals surface area contributed by atoms with Crippen LogP contribution in [0.1, 0.15) is 35.6 Å². The molecule has 4 rings (SSSR count). The maximum atomic E-state index is 13.1. The van der Waals surface area contributed by atoms with Crippen molar-refractivity contribution in [3.05, 3.63) is 52.3 Å². The normalized spacial score (nSPS) is 34.6. The lowest BCUT2D eigenvalue weighted by molar-refractivity contribution is -0.118. The van der Waals surface area contributed by atoms with E-state index in [0.29, 0.717) is 5.57 Å². The van der Waals surface area contributed by atoms with E-state index in [1.54, 1.807) is 0 Å². The first-order valence-electron chi connectivity index (χ1n) is 8.32. The molecule has 2 heterocycles. The lowest BCUT2D eigenvalue weighted by Crippen LogP contribution is -2.35. The Morgan fingerprint density at radius 3 is 2.48 bits per heavy atom. The number of benzene rings is 1. The second-order valence-corrected chi connectivity index (χ2v) is 7.15. The zero-order valence-electron chi connectivity index (χ0n) is 14.0. The summed E-state index contributed by atoms with van der Waals surface area (Å²) in [6.45, 7) is 8.12. The number of hydrogen-bond donors (Lipinski definition) is 1. The van der Waals surface area contributed by atoms with Crippen molar-refractivity contribution < 1.29 is 14.6 Å². The minimum absolute atomic E-state index is 0.0345. The van der Waals surface area contributed by atoms with Gasteiger partial charge in [-0.2, -0.15) is 0 Å². The number of aliphatic hydroxyl groups is 1. The first-order valence-corrected chi connectivity index (χ1v) is 8.32. The van der Waals surface area contributed by atoms with Crippen molar-refractivity contribution in [2.75, 3.05) is 0 Å². The van der Waals surface area contributed by atoms with Gasteiger partial charge in [0.2, 0.25) is 0 Å². The minimum Gasteiger partial charge on any atom is -0.511 e. The topological polar surface area (TPSA) is 46.5 Å². The lowest BCUT2D eigenvalue weighted by Gasteiger charge is -2.28. The van der Waals surface area contributed by atoms with Gasteiger partial charge in [-0.05, 0) is 43.9 Å². The Morgan fingerprint density at radius 2 is 1.87 bits per heavy atom. The number of carbonyl (C=O) groups excluding carboxylic acids is 1.